The SMILES string of the molecule is CCn1ncc(/C=C/C(=O)NCc2cnn(C)c2)c1C. The number of aromatic nitrogens is 4. The molecule has 6 nitrogen and oxygen atoms in total. The molecule has 2 heterocycles. The fourth-order valence-electron chi connectivity index (χ4n) is 1.92. The highest BCUT2D eigenvalue weighted by Crippen LogP contribution is 2.08. The summed E-state index contributed by atoms with van der Waals surface area (Å²) in [6.07, 6.45) is 8.69. The number of nitrogens with one attached hydrogen (secondary N) is 1. The van der Waals surface area contributed by atoms with Crippen molar-refractivity contribution < 1.29 is 4.79 Å². The number of hydrogen-bond donors (Lipinski definition) is 1. The van der Waals surface area contributed by atoms with Crippen LogP contribution < -0.4 is 5.32 Å². The third kappa shape index (κ3) is 3.34. The van der Waals surface area contributed by atoms with Gasteiger partial charge in [0.15, 0.2) is 0 Å². The summed E-state index contributed by atoms with van der Waals surface area (Å²) in [4.78, 5) is 11.7. The van der Waals surface area contributed by atoms with Gasteiger partial charge in [-0.15, -0.1) is 0 Å². The monoisotopic (exact) mass is 273 g/mol. The molecule has 2 aromatic rings. The van der Waals surface area contributed by atoms with Crippen molar-refractivity contribution in [2.45, 2.75) is 26.9 Å². The minimum absolute atomic E-state index is 0.127. The smallest absolute Gasteiger partial charge is 0.244 e. The Balaban J connectivity index is 1.90. The van der Waals surface area contributed by atoms with Gasteiger partial charge in [0.25, 0.3) is 0 Å². The minimum atomic E-state index is -0.127. The number of carbonyl (C=O) groups excluding carboxylic acids is 1. The average molecular weight is 273 g/mol. The first-order valence-electron chi connectivity index (χ1n) is 6.56. The Hall–Kier alpha value is -2.37. The lowest BCUT2D eigenvalue weighted by Gasteiger charge is -2.00. The fourth-order valence-corrected chi connectivity index (χ4v) is 1.92. The number of hydrogen-bond acceptors (Lipinski definition) is 3. The Kier molecular flexibility index (Phi) is 4.34. The van der Waals surface area contributed by atoms with Gasteiger partial charge >= 0.3 is 0 Å². The molecule has 0 saturated heterocycles. The van der Waals surface area contributed by atoms with E-state index in [0.717, 1.165) is 23.4 Å². The Morgan fingerprint density at radius 1 is 1.40 bits per heavy atom. The van der Waals surface area contributed by atoms with Crippen LogP contribution in [0.5, 0.6) is 0 Å². The first-order chi connectivity index (χ1) is 9.60. The van der Waals surface area contributed by atoms with Crippen molar-refractivity contribution in [2.24, 2.45) is 7.05 Å². The summed E-state index contributed by atoms with van der Waals surface area (Å²) in [5, 5.41) is 11.1. The number of carbonyl (C=O) groups is 1. The van der Waals surface area contributed by atoms with Crippen molar-refractivity contribution in [3.05, 3.63) is 41.5 Å². The van der Waals surface area contributed by atoms with Crippen LogP contribution >= 0.6 is 0 Å². The van der Waals surface area contributed by atoms with Gasteiger partial charge in [-0.1, -0.05) is 0 Å². The molecule has 0 spiro atoms. The highest BCUT2D eigenvalue weighted by molar-refractivity contribution is 5.91. The van der Waals surface area contributed by atoms with E-state index in [1.165, 1.54) is 6.08 Å². The van der Waals surface area contributed by atoms with Gasteiger partial charge in [-0.2, -0.15) is 10.2 Å². The van der Waals surface area contributed by atoms with Gasteiger partial charge in [-0.05, 0) is 19.9 Å². The van der Waals surface area contributed by atoms with Crippen LogP contribution in [0.2, 0.25) is 0 Å². The van der Waals surface area contributed by atoms with Crippen LogP contribution in [-0.4, -0.2) is 25.5 Å². The van der Waals surface area contributed by atoms with Crippen LogP contribution in [0.1, 0.15) is 23.7 Å². The molecule has 0 unspecified atom stereocenters. The molecule has 2 aromatic heterocycles. The van der Waals surface area contributed by atoms with Crippen LogP contribution in [-0.2, 0) is 24.9 Å². The number of aryl methyl sites for hydroxylation is 2. The molecule has 0 saturated carbocycles. The van der Waals surface area contributed by atoms with Crippen LogP contribution in [0.25, 0.3) is 6.08 Å². The highest BCUT2D eigenvalue weighted by Gasteiger charge is 2.03. The van der Waals surface area contributed by atoms with E-state index >= 15 is 0 Å². The quantitative estimate of drug-likeness (QED) is 0.834. The predicted octanol–water partition coefficient (Wildman–Crippen LogP) is 1.27. The fraction of sp³-hybridized carbons (Fsp3) is 0.357. The zero-order chi connectivity index (χ0) is 14.5. The zero-order valence-corrected chi connectivity index (χ0v) is 12.0. The standard InChI is InChI=1S/C14H19N5O/c1-4-19-11(2)13(9-17-19)5-6-14(20)15-7-12-8-16-18(3)10-12/h5-6,8-10H,4,7H2,1-3H3,(H,15,20)/b6-5+. The summed E-state index contributed by atoms with van der Waals surface area (Å²) >= 11 is 0. The maximum absolute atomic E-state index is 11.7. The lowest BCUT2D eigenvalue weighted by molar-refractivity contribution is -0.116. The van der Waals surface area contributed by atoms with Crippen molar-refractivity contribution in [3.8, 4) is 0 Å². The minimum Gasteiger partial charge on any atom is -0.348 e. The summed E-state index contributed by atoms with van der Waals surface area (Å²) in [7, 11) is 1.85. The summed E-state index contributed by atoms with van der Waals surface area (Å²) in [6, 6.07) is 0. The van der Waals surface area contributed by atoms with Crippen molar-refractivity contribution in [3.63, 3.8) is 0 Å². The normalized spacial score (nSPS) is 11.2. The van der Waals surface area contributed by atoms with Crippen molar-refractivity contribution in [2.75, 3.05) is 0 Å². The molecule has 2 rings (SSSR count). The number of amides is 1. The topological polar surface area (TPSA) is 64.7 Å². The maximum Gasteiger partial charge on any atom is 0.244 e. The van der Waals surface area contributed by atoms with E-state index < -0.39 is 0 Å². The second-order valence-corrected chi connectivity index (χ2v) is 4.57. The second-order valence-electron chi connectivity index (χ2n) is 4.57. The van der Waals surface area contributed by atoms with E-state index in [1.54, 1.807) is 23.2 Å². The molecular weight excluding hydrogens is 254 g/mol. The molecule has 0 aliphatic heterocycles. The molecule has 106 valence electrons. The molecule has 0 radical (unpaired) electrons. The van der Waals surface area contributed by atoms with Crippen LogP contribution in [0.15, 0.2) is 24.7 Å². The van der Waals surface area contributed by atoms with Gasteiger partial charge in [-0.25, -0.2) is 0 Å². The van der Waals surface area contributed by atoms with Gasteiger partial charge in [0, 0.05) is 49.2 Å². The Bertz CT molecular complexity index is 623. The van der Waals surface area contributed by atoms with Crippen molar-refractivity contribution in [1.82, 2.24) is 24.9 Å². The molecule has 0 bridgehead atoms. The molecule has 0 fully saturated rings. The second kappa shape index (κ2) is 6.18. The lowest BCUT2D eigenvalue weighted by Crippen LogP contribution is -2.19. The van der Waals surface area contributed by atoms with E-state index in [1.807, 2.05) is 31.8 Å². The van der Waals surface area contributed by atoms with Crippen LogP contribution in [0.3, 0.4) is 0 Å². The van der Waals surface area contributed by atoms with Crippen LogP contribution in [0.4, 0.5) is 0 Å². The summed E-state index contributed by atoms with van der Waals surface area (Å²) in [5.74, 6) is -0.127. The first kappa shape index (κ1) is 14.0. The molecule has 0 aliphatic rings. The Labute approximate surface area is 118 Å². The molecule has 1 amide bonds. The lowest BCUT2D eigenvalue weighted by atomic mass is 10.2. The molecule has 20 heavy (non-hydrogen) atoms. The Morgan fingerprint density at radius 2 is 2.20 bits per heavy atom. The van der Waals surface area contributed by atoms with Gasteiger partial charge in [-0.3, -0.25) is 14.2 Å². The van der Waals surface area contributed by atoms with Gasteiger partial charge in [0.2, 0.25) is 5.91 Å². The van der Waals surface area contributed by atoms with Gasteiger partial charge < -0.3 is 5.32 Å². The van der Waals surface area contributed by atoms with Crippen LogP contribution in [0, 0.1) is 6.92 Å². The zero-order valence-electron chi connectivity index (χ0n) is 12.0. The number of nitrogens with zero attached hydrogens (tertiary/aromatic N) is 4. The van der Waals surface area contributed by atoms with E-state index in [2.05, 4.69) is 15.5 Å². The third-order valence-electron chi connectivity index (χ3n) is 3.08. The average Bonchev–Trinajstić information content (AvgIpc) is 3.00. The summed E-state index contributed by atoms with van der Waals surface area (Å²) in [6.45, 7) is 5.33. The van der Waals surface area contributed by atoms with E-state index in [-0.39, 0.29) is 5.91 Å². The molecule has 1 N–H and O–H groups in total. The largest absolute Gasteiger partial charge is 0.348 e. The van der Waals surface area contributed by atoms with E-state index in [4.69, 9.17) is 0 Å². The first-order valence-corrected chi connectivity index (χ1v) is 6.56. The van der Waals surface area contributed by atoms with E-state index in [9.17, 15) is 4.79 Å². The molecule has 0 aliphatic carbocycles. The molecular formula is C14H19N5O. The predicted molar refractivity (Wildman–Crippen MR) is 76.7 cm³/mol. The van der Waals surface area contributed by atoms with Gasteiger partial charge in [0.05, 0.1) is 12.4 Å². The summed E-state index contributed by atoms with van der Waals surface area (Å²) in [5.41, 5.74) is 3.00. The molecule has 6 heteroatoms. The number of rotatable bonds is 5. The maximum atomic E-state index is 11.7. The van der Waals surface area contributed by atoms with Gasteiger partial charge in [0.1, 0.15) is 0 Å². The summed E-state index contributed by atoms with van der Waals surface area (Å²) < 4.78 is 3.60. The third-order valence-corrected chi connectivity index (χ3v) is 3.08. The van der Waals surface area contributed by atoms with E-state index in [0.29, 0.717) is 6.54 Å². The van der Waals surface area contributed by atoms with Crippen molar-refractivity contribution in [1.29, 1.82) is 0 Å². The Morgan fingerprint density at radius 3 is 2.80 bits per heavy atom. The highest BCUT2D eigenvalue weighted by atomic mass is 16.1. The molecule has 0 atom stereocenters. The molecule has 0 aromatic carbocycles. The van der Waals surface area contributed by atoms with Crippen molar-refractivity contribution >= 4 is 12.0 Å².